The van der Waals surface area contributed by atoms with Crippen LogP contribution in [0.5, 0.6) is 0 Å². The molecule has 0 amide bonds. The van der Waals surface area contributed by atoms with Gasteiger partial charge in [0.05, 0.1) is 5.52 Å². The molecular weight excluding hydrogens is 220 g/mol. The Morgan fingerprint density at radius 1 is 1.17 bits per heavy atom. The molecule has 0 saturated heterocycles. The highest BCUT2D eigenvalue weighted by atomic mass is 14.8. The predicted octanol–water partition coefficient (Wildman–Crippen LogP) is 3.51. The van der Waals surface area contributed by atoms with Gasteiger partial charge in [0, 0.05) is 18.1 Å². The molecule has 0 spiro atoms. The molecule has 1 saturated carbocycles. The Balaban J connectivity index is 1.59. The molecule has 1 N–H and O–H groups in total. The van der Waals surface area contributed by atoms with Crippen LogP contribution in [-0.4, -0.2) is 11.5 Å². The molecule has 94 valence electrons. The first-order chi connectivity index (χ1) is 8.93. The average molecular weight is 240 g/mol. The van der Waals surface area contributed by atoms with Crippen LogP contribution in [0.1, 0.15) is 31.2 Å². The largest absolute Gasteiger partial charge is 0.313 e. The van der Waals surface area contributed by atoms with Gasteiger partial charge in [-0.3, -0.25) is 4.98 Å². The van der Waals surface area contributed by atoms with Gasteiger partial charge in [-0.1, -0.05) is 37.5 Å². The van der Waals surface area contributed by atoms with E-state index in [0.717, 1.165) is 24.5 Å². The summed E-state index contributed by atoms with van der Waals surface area (Å²) < 4.78 is 0. The second kappa shape index (κ2) is 5.49. The van der Waals surface area contributed by atoms with Crippen molar-refractivity contribution in [2.45, 2.75) is 32.2 Å². The summed E-state index contributed by atoms with van der Waals surface area (Å²) in [6, 6.07) is 10.5. The van der Waals surface area contributed by atoms with Gasteiger partial charge in [-0.05, 0) is 36.6 Å². The van der Waals surface area contributed by atoms with E-state index in [1.165, 1.54) is 36.6 Å². The van der Waals surface area contributed by atoms with Gasteiger partial charge < -0.3 is 5.32 Å². The van der Waals surface area contributed by atoms with Gasteiger partial charge in [0.2, 0.25) is 0 Å². The Kier molecular flexibility index (Phi) is 3.56. The fourth-order valence-electron chi connectivity index (χ4n) is 2.62. The van der Waals surface area contributed by atoms with Crippen LogP contribution in [0.4, 0.5) is 0 Å². The number of hydrogen-bond donors (Lipinski definition) is 1. The molecule has 2 nitrogen and oxygen atoms in total. The Bertz CT molecular complexity index is 512. The zero-order chi connectivity index (χ0) is 12.2. The minimum absolute atomic E-state index is 0.954. The Hall–Kier alpha value is -1.41. The fourth-order valence-corrected chi connectivity index (χ4v) is 2.62. The number of pyridine rings is 1. The summed E-state index contributed by atoms with van der Waals surface area (Å²) in [7, 11) is 0. The molecule has 1 aliphatic rings. The van der Waals surface area contributed by atoms with Crippen molar-refractivity contribution in [1.82, 2.24) is 10.3 Å². The molecule has 0 bridgehead atoms. The SMILES string of the molecule is c1ccc2c(CNCCC3CCC3)ccnc2c1. The zero-order valence-corrected chi connectivity index (χ0v) is 10.7. The van der Waals surface area contributed by atoms with Crippen molar-refractivity contribution in [2.75, 3.05) is 6.54 Å². The minimum Gasteiger partial charge on any atom is -0.313 e. The van der Waals surface area contributed by atoms with Crippen molar-refractivity contribution in [3.05, 3.63) is 42.1 Å². The molecule has 0 atom stereocenters. The standard InChI is InChI=1S/C16H20N2/c1-2-7-16-15(6-1)14(9-11-18-16)12-17-10-8-13-4-3-5-13/h1-2,6-7,9,11,13,17H,3-5,8,10,12H2. The number of nitrogens with zero attached hydrogens (tertiary/aromatic N) is 1. The van der Waals surface area contributed by atoms with Crippen molar-refractivity contribution in [3.8, 4) is 0 Å². The van der Waals surface area contributed by atoms with Crippen molar-refractivity contribution in [1.29, 1.82) is 0 Å². The lowest BCUT2D eigenvalue weighted by atomic mass is 9.83. The highest BCUT2D eigenvalue weighted by molar-refractivity contribution is 5.81. The van der Waals surface area contributed by atoms with Crippen LogP contribution in [-0.2, 0) is 6.54 Å². The number of fused-ring (bicyclic) bond motifs is 1. The van der Waals surface area contributed by atoms with Crippen LogP contribution >= 0.6 is 0 Å². The summed E-state index contributed by atoms with van der Waals surface area (Å²) in [6.07, 6.45) is 7.58. The van der Waals surface area contributed by atoms with Crippen molar-refractivity contribution >= 4 is 10.9 Å². The van der Waals surface area contributed by atoms with E-state index >= 15 is 0 Å². The minimum atomic E-state index is 0.954. The summed E-state index contributed by atoms with van der Waals surface area (Å²) in [4.78, 5) is 4.39. The Labute approximate surface area is 108 Å². The normalized spacial score (nSPS) is 15.8. The maximum absolute atomic E-state index is 4.39. The van der Waals surface area contributed by atoms with Crippen LogP contribution in [0.15, 0.2) is 36.5 Å². The molecule has 3 rings (SSSR count). The number of para-hydroxylation sites is 1. The molecule has 1 aromatic heterocycles. The van der Waals surface area contributed by atoms with Gasteiger partial charge in [0.15, 0.2) is 0 Å². The van der Waals surface area contributed by atoms with E-state index in [-0.39, 0.29) is 0 Å². The Morgan fingerprint density at radius 3 is 2.89 bits per heavy atom. The summed E-state index contributed by atoms with van der Waals surface area (Å²) in [5.41, 5.74) is 2.45. The lowest BCUT2D eigenvalue weighted by molar-refractivity contribution is 0.292. The van der Waals surface area contributed by atoms with Crippen LogP contribution in [0.25, 0.3) is 10.9 Å². The quantitative estimate of drug-likeness (QED) is 0.809. The maximum atomic E-state index is 4.39. The number of hydrogen-bond acceptors (Lipinski definition) is 2. The molecule has 1 heterocycles. The second-order valence-electron chi connectivity index (χ2n) is 5.25. The first-order valence-corrected chi connectivity index (χ1v) is 6.97. The topological polar surface area (TPSA) is 24.9 Å². The summed E-state index contributed by atoms with van der Waals surface area (Å²) in [5, 5.41) is 4.84. The lowest BCUT2D eigenvalue weighted by Gasteiger charge is -2.25. The number of benzene rings is 1. The molecule has 0 unspecified atom stereocenters. The third kappa shape index (κ3) is 2.54. The fraction of sp³-hybridized carbons (Fsp3) is 0.438. The first kappa shape index (κ1) is 11.7. The van der Waals surface area contributed by atoms with E-state index in [2.05, 4.69) is 34.6 Å². The van der Waals surface area contributed by atoms with Gasteiger partial charge in [0.25, 0.3) is 0 Å². The van der Waals surface area contributed by atoms with E-state index in [1.54, 1.807) is 0 Å². The van der Waals surface area contributed by atoms with E-state index in [1.807, 2.05) is 12.3 Å². The summed E-state index contributed by atoms with van der Waals surface area (Å²) >= 11 is 0. The second-order valence-corrected chi connectivity index (χ2v) is 5.25. The van der Waals surface area contributed by atoms with Crippen molar-refractivity contribution in [3.63, 3.8) is 0 Å². The molecule has 1 aromatic carbocycles. The third-order valence-electron chi connectivity index (χ3n) is 4.01. The van der Waals surface area contributed by atoms with Crippen LogP contribution in [0.3, 0.4) is 0 Å². The molecule has 18 heavy (non-hydrogen) atoms. The van der Waals surface area contributed by atoms with Crippen LogP contribution in [0, 0.1) is 5.92 Å². The van der Waals surface area contributed by atoms with E-state index in [0.29, 0.717) is 0 Å². The third-order valence-corrected chi connectivity index (χ3v) is 4.01. The molecule has 2 heteroatoms. The molecule has 0 radical (unpaired) electrons. The summed E-state index contributed by atoms with van der Waals surface area (Å²) in [6.45, 7) is 2.09. The lowest BCUT2D eigenvalue weighted by Crippen LogP contribution is -2.21. The van der Waals surface area contributed by atoms with E-state index < -0.39 is 0 Å². The average Bonchev–Trinajstić information content (AvgIpc) is 2.36. The number of aromatic nitrogens is 1. The van der Waals surface area contributed by atoms with Gasteiger partial charge in [-0.15, -0.1) is 0 Å². The van der Waals surface area contributed by atoms with Crippen molar-refractivity contribution in [2.24, 2.45) is 5.92 Å². The van der Waals surface area contributed by atoms with Gasteiger partial charge >= 0.3 is 0 Å². The van der Waals surface area contributed by atoms with Gasteiger partial charge in [-0.25, -0.2) is 0 Å². The highest BCUT2D eigenvalue weighted by Crippen LogP contribution is 2.28. The molecular formula is C16H20N2. The molecule has 2 aromatic rings. The highest BCUT2D eigenvalue weighted by Gasteiger charge is 2.16. The maximum Gasteiger partial charge on any atom is 0.0705 e. The monoisotopic (exact) mass is 240 g/mol. The van der Waals surface area contributed by atoms with E-state index in [4.69, 9.17) is 0 Å². The first-order valence-electron chi connectivity index (χ1n) is 6.97. The number of nitrogens with one attached hydrogen (secondary N) is 1. The predicted molar refractivity (Wildman–Crippen MR) is 75.4 cm³/mol. The van der Waals surface area contributed by atoms with Gasteiger partial charge in [0.1, 0.15) is 0 Å². The van der Waals surface area contributed by atoms with E-state index in [9.17, 15) is 0 Å². The molecule has 1 aliphatic carbocycles. The Morgan fingerprint density at radius 2 is 2.06 bits per heavy atom. The smallest absolute Gasteiger partial charge is 0.0705 e. The summed E-state index contributed by atoms with van der Waals surface area (Å²) in [5.74, 6) is 0.992. The van der Waals surface area contributed by atoms with Gasteiger partial charge in [-0.2, -0.15) is 0 Å². The van der Waals surface area contributed by atoms with Crippen LogP contribution in [0.2, 0.25) is 0 Å². The molecule has 1 fully saturated rings. The van der Waals surface area contributed by atoms with Crippen LogP contribution < -0.4 is 5.32 Å². The zero-order valence-electron chi connectivity index (χ0n) is 10.7. The van der Waals surface area contributed by atoms with Crippen molar-refractivity contribution < 1.29 is 0 Å². The molecule has 0 aliphatic heterocycles. The number of rotatable bonds is 5.